The fraction of sp³-hybridized carbons (Fsp3) is 0.500. The first kappa shape index (κ1) is 14.5. The number of carbonyl (C=O) groups is 1. The Morgan fingerprint density at radius 3 is 2.33 bits per heavy atom. The molecule has 1 aromatic carbocycles. The Kier molecular flexibility index (Phi) is 4.73. The van der Waals surface area contributed by atoms with Gasteiger partial charge in [-0.3, -0.25) is 4.79 Å². The second-order valence-electron chi connectivity index (χ2n) is 5.29. The zero-order valence-corrected chi connectivity index (χ0v) is 11.5. The van der Waals surface area contributed by atoms with E-state index in [-0.39, 0.29) is 11.3 Å². The van der Waals surface area contributed by atoms with E-state index in [4.69, 9.17) is 10.5 Å². The Hall–Kier alpha value is -1.55. The van der Waals surface area contributed by atoms with E-state index in [0.717, 1.165) is 11.4 Å². The maximum absolute atomic E-state index is 11.9. The van der Waals surface area contributed by atoms with Crippen LogP contribution >= 0.6 is 0 Å². The van der Waals surface area contributed by atoms with Crippen LogP contribution in [0.1, 0.15) is 27.7 Å². The van der Waals surface area contributed by atoms with Crippen LogP contribution in [-0.2, 0) is 4.79 Å². The molecule has 100 valence electrons. The first-order valence-corrected chi connectivity index (χ1v) is 6.14. The summed E-state index contributed by atoms with van der Waals surface area (Å²) in [6.07, 6.45) is 0. The van der Waals surface area contributed by atoms with Crippen molar-refractivity contribution in [2.75, 3.05) is 11.9 Å². The standard InChI is InChI=1S/C14H22N2O2/c1-5-18-11-8-6-10(7-9-11)16-13(17)12(15)14(2,3)4/h6-9,12H,5,15H2,1-4H3,(H,16,17)/t12-/m1/s1. The molecule has 0 unspecified atom stereocenters. The van der Waals surface area contributed by atoms with Crippen molar-refractivity contribution in [1.82, 2.24) is 0 Å². The molecule has 4 nitrogen and oxygen atoms in total. The Bertz CT molecular complexity index is 393. The Morgan fingerprint density at radius 2 is 1.89 bits per heavy atom. The van der Waals surface area contributed by atoms with Crippen LogP contribution < -0.4 is 15.8 Å². The highest BCUT2D eigenvalue weighted by Crippen LogP contribution is 2.20. The van der Waals surface area contributed by atoms with Gasteiger partial charge in [-0.05, 0) is 36.6 Å². The molecular formula is C14H22N2O2. The molecule has 1 rings (SSSR count). The molecule has 0 aliphatic rings. The predicted molar refractivity (Wildman–Crippen MR) is 73.7 cm³/mol. The number of ether oxygens (including phenoxy) is 1. The monoisotopic (exact) mass is 250 g/mol. The molecule has 1 aromatic rings. The fourth-order valence-corrected chi connectivity index (χ4v) is 1.41. The van der Waals surface area contributed by atoms with E-state index >= 15 is 0 Å². The van der Waals surface area contributed by atoms with Crippen molar-refractivity contribution >= 4 is 11.6 Å². The minimum Gasteiger partial charge on any atom is -0.494 e. The summed E-state index contributed by atoms with van der Waals surface area (Å²) >= 11 is 0. The van der Waals surface area contributed by atoms with Gasteiger partial charge in [0.25, 0.3) is 0 Å². The molecule has 0 bridgehead atoms. The second-order valence-corrected chi connectivity index (χ2v) is 5.29. The third-order valence-electron chi connectivity index (χ3n) is 2.65. The van der Waals surface area contributed by atoms with Gasteiger partial charge in [0, 0.05) is 5.69 Å². The highest BCUT2D eigenvalue weighted by atomic mass is 16.5. The van der Waals surface area contributed by atoms with Gasteiger partial charge in [-0.25, -0.2) is 0 Å². The molecule has 1 amide bonds. The van der Waals surface area contributed by atoms with Gasteiger partial charge in [0.15, 0.2) is 0 Å². The zero-order valence-electron chi connectivity index (χ0n) is 11.5. The summed E-state index contributed by atoms with van der Waals surface area (Å²) in [5, 5.41) is 2.80. The van der Waals surface area contributed by atoms with Crippen LogP contribution in [0.5, 0.6) is 5.75 Å². The number of anilines is 1. The number of hydrogen-bond acceptors (Lipinski definition) is 3. The minimum absolute atomic E-state index is 0.174. The van der Waals surface area contributed by atoms with Crippen LogP contribution in [0.15, 0.2) is 24.3 Å². The first-order valence-electron chi connectivity index (χ1n) is 6.14. The van der Waals surface area contributed by atoms with Gasteiger partial charge in [-0.1, -0.05) is 20.8 Å². The summed E-state index contributed by atoms with van der Waals surface area (Å²) in [4.78, 5) is 11.9. The highest BCUT2D eigenvalue weighted by Gasteiger charge is 2.27. The number of carbonyl (C=O) groups excluding carboxylic acids is 1. The number of hydrogen-bond donors (Lipinski definition) is 2. The molecular weight excluding hydrogens is 228 g/mol. The number of nitrogens with one attached hydrogen (secondary N) is 1. The fourth-order valence-electron chi connectivity index (χ4n) is 1.41. The number of nitrogens with two attached hydrogens (primary N) is 1. The number of rotatable bonds is 4. The van der Waals surface area contributed by atoms with Gasteiger partial charge < -0.3 is 15.8 Å². The van der Waals surface area contributed by atoms with Gasteiger partial charge in [0.2, 0.25) is 5.91 Å². The molecule has 3 N–H and O–H groups in total. The van der Waals surface area contributed by atoms with Crippen LogP contribution in [0.3, 0.4) is 0 Å². The Labute approximate surface area is 109 Å². The summed E-state index contributed by atoms with van der Waals surface area (Å²) in [6.45, 7) is 8.37. The van der Waals surface area contributed by atoms with E-state index in [9.17, 15) is 4.79 Å². The first-order chi connectivity index (χ1) is 8.34. The van der Waals surface area contributed by atoms with Crippen LogP contribution in [0.2, 0.25) is 0 Å². The molecule has 0 aliphatic heterocycles. The lowest BCUT2D eigenvalue weighted by molar-refractivity contribution is -0.119. The smallest absolute Gasteiger partial charge is 0.241 e. The van der Waals surface area contributed by atoms with Crippen molar-refractivity contribution in [3.8, 4) is 5.75 Å². The predicted octanol–water partition coefficient (Wildman–Crippen LogP) is 2.40. The second kappa shape index (κ2) is 5.87. The molecule has 4 heteroatoms. The topological polar surface area (TPSA) is 64.3 Å². The largest absolute Gasteiger partial charge is 0.494 e. The van der Waals surface area contributed by atoms with Crippen LogP contribution in [0.4, 0.5) is 5.69 Å². The van der Waals surface area contributed by atoms with Gasteiger partial charge in [0.05, 0.1) is 12.6 Å². The van der Waals surface area contributed by atoms with Crippen molar-refractivity contribution in [2.45, 2.75) is 33.7 Å². The minimum atomic E-state index is -0.538. The quantitative estimate of drug-likeness (QED) is 0.862. The van der Waals surface area contributed by atoms with Crippen molar-refractivity contribution in [2.24, 2.45) is 11.1 Å². The summed E-state index contributed by atoms with van der Waals surface area (Å²) in [6, 6.07) is 6.71. The molecule has 0 radical (unpaired) electrons. The maximum atomic E-state index is 11.9. The number of benzene rings is 1. The lowest BCUT2D eigenvalue weighted by atomic mass is 9.87. The average molecular weight is 250 g/mol. The van der Waals surface area contributed by atoms with Gasteiger partial charge >= 0.3 is 0 Å². The molecule has 0 saturated carbocycles. The SMILES string of the molecule is CCOc1ccc(NC(=O)[C@@H](N)C(C)(C)C)cc1. The normalized spacial score (nSPS) is 12.9. The molecule has 0 fully saturated rings. The lowest BCUT2D eigenvalue weighted by Gasteiger charge is -2.25. The molecule has 1 atom stereocenters. The van der Waals surface area contributed by atoms with E-state index in [2.05, 4.69) is 5.32 Å². The van der Waals surface area contributed by atoms with E-state index < -0.39 is 6.04 Å². The highest BCUT2D eigenvalue weighted by molar-refractivity contribution is 5.95. The zero-order chi connectivity index (χ0) is 13.8. The third kappa shape index (κ3) is 4.04. The van der Waals surface area contributed by atoms with Crippen molar-refractivity contribution in [3.05, 3.63) is 24.3 Å². The van der Waals surface area contributed by atoms with E-state index in [1.54, 1.807) is 12.1 Å². The van der Waals surface area contributed by atoms with Crippen molar-refractivity contribution in [3.63, 3.8) is 0 Å². The summed E-state index contributed by atoms with van der Waals surface area (Å²) in [5.74, 6) is 0.613. The van der Waals surface area contributed by atoms with Crippen LogP contribution in [0, 0.1) is 5.41 Å². The van der Waals surface area contributed by atoms with Gasteiger partial charge in [-0.2, -0.15) is 0 Å². The molecule has 0 aromatic heterocycles. The lowest BCUT2D eigenvalue weighted by Crippen LogP contribution is -2.45. The summed E-state index contributed by atoms with van der Waals surface area (Å²) in [7, 11) is 0. The molecule has 0 spiro atoms. The molecule has 0 saturated heterocycles. The van der Waals surface area contributed by atoms with E-state index in [0.29, 0.717) is 6.61 Å². The van der Waals surface area contributed by atoms with Gasteiger partial charge in [-0.15, -0.1) is 0 Å². The maximum Gasteiger partial charge on any atom is 0.241 e. The Balaban J connectivity index is 2.65. The van der Waals surface area contributed by atoms with Crippen LogP contribution in [-0.4, -0.2) is 18.6 Å². The van der Waals surface area contributed by atoms with Crippen LogP contribution in [0.25, 0.3) is 0 Å². The Morgan fingerprint density at radius 1 is 1.33 bits per heavy atom. The molecule has 0 aliphatic carbocycles. The van der Waals surface area contributed by atoms with E-state index in [1.165, 1.54) is 0 Å². The van der Waals surface area contributed by atoms with Gasteiger partial charge in [0.1, 0.15) is 5.75 Å². The summed E-state index contributed by atoms with van der Waals surface area (Å²) < 4.78 is 5.33. The average Bonchev–Trinajstić information content (AvgIpc) is 2.30. The van der Waals surface area contributed by atoms with Crippen molar-refractivity contribution < 1.29 is 9.53 Å². The summed E-state index contributed by atoms with van der Waals surface area (Å²) in [5.41, 5.74) is 6.35. The molecule has 18 heavy (non-hydrogen) atoms. The third-order valence-corrected chi connectivity index (χ3v) is 2.65. The number of amides is 1. The van der Waals surface area contributed by atoms with E-state index in [1.807, 2.05) is 39.8 Å². The molecule has 0 heterocycles. The van der Waals surface area contributed by atoms with Crippen molar-refractivity contribution in [1.29, 1.82) is 0 Å².